The number of hydrogen-bond donors (Lipinski definition) is 32. The van der Waals surface area contributed by atoms with Crippen LogP contribution in [0.5, 0.6) is 11.5 Å². The maximum absolute atomic E-state index is 14.8. The van der Waals surface area contributed by atoms with Crippen molar-refractivity contribution in [2.45, 2.75) is 273 Å². The Balaban J connectivity index is 2.60. The zero-order chi connectivity index (χ0) is 105. The Morgan fingerprint density at radius 1 is 0.364 bits per heavy atom. The molecule has 0 bridgehead atoms. The van der Waals surface area contributed by atoms with Gasteiger partial charge in [-0.2, -0.15) is 23.5 Å². The summed E-state index contributed by atoms with van der Waals surface area (Å²) in [6, 6.07) is -13.3. The topological polar surface area (TPSA) is 863 Å². The number of unbranched alkanes of at least 4 members (excludes halogenated alkanes) is 3. The molecular weight excluding hydrogens is 1870 g/mol. The number of primary amides is 1. The van der Waals surface area contributed by atoms with Crippen LogP contribution in [0.1, 0.15) is 174 Å². The van der Waals surface area contributed by atoms with Crippen LogP contribution in [0.15, 0.2) is 48.5 Å². The second-order valence-corrected chi connectivity index (χ2v) is 36.4. The summed E-state index contributed by atoms with van der Waals surface area (Å²) in [4.78, 5) is 252. The summed E-state index contributed by atoms with van der Waals surface area (Å²) >= 11 is 2.62. The number of aromatic hydroxyl groups is 2. The number of phenols is 2. The largest absolute Gasteiger partial charge is 0.508 e. The van der Waals surface area contributed by atoms with Gasteiger partial charge in [-0.05, 0) is 213 Å². The maximum atomic E-state index is 14.8. The molecule has 39 N–H and O–H groups in total. The minimum Gasteiger partial charge on any atom is -0.508 e. The molecule has 0 fully saturated rings. The third kappa shape index (κ3) is 50.4. The maximum Gasteiger partial charge on any atom is 0.326 e. The highest BCUT2D eigenvalue weighted by Gasteiger charge is 2.40. The summed E-state index contributed by atoms with van der Waals surface area (Å²) in [5, 5.41) is 120. The molecule has 786 valence electrons. The molecule has 16 amide bonds. The summed E-state index contributed by atoms with van der Waals surface area (Å²) in [6.45, 7) is 6.36. The molecule has 16 atom stereocenters. The monoisotopic (exact) mass is 2020 g/mol. The summed E-state index contributed by atoms with van der Waals surface area (Å²) in [5.41, 5.74) is 40.8. The highest BCUT2D eigenvalue weighted by atomic mass is 32.2. The second-order valence-electron chi connectivity index (χ2n) is 34.4. The Bertz CT molecular complexity index is 4360. The third-order valence-corrected chi connectivity index (χ3v) is 22.8. The number of aliphatic hydroxyl groups excluding tert-OH is 2. The van der Waals surface area contributed by atoms with Gasteiger partial charge in [-0.25, -0.2) is 4.79 Å². The molecule has 140 heavy (non-hydrogen) atoms. The molecule has 50 nitrogen and oxygen atoms in total. The lowest BCUT2D eigenvalue weighted by Crippen LogP contribution is -2.62. The van der Waals surface area contributed by atoms with Gasteiger partial charge in [-0.3, -0.25) is 92.3 Å². The number of nitrogens with two attached hydrogens (primary N) is 7. The Hall–Kier alpha value is -12.5. The van der Waals surface area contributed by atoms with Gasteiger partial charge in [0, 0.05) is 32.4 Å². The number of carboxylic acids is 2. The Morgan fingerprint density at radius 3 is 1.04 bits per heavy atom. The van der Waals surface area contributed by atoms with Gasteiger partial charge in [-0.1, -0.05) is 52.0 Å². The van der Waals surface area contributed by atoms with E-state index >= 15 is 0 Å². The van der Waals surface area contributed by atoms with Crippen LogP contribution in [0.25, 0.3) is 0 Å². The minimum absolute atomic E-state index is 0.00383. The normalized spacial score (nSPS) is 14.6. The summed E-state index contributed by atoms with van der Waals surface area (Å²) in [5.74, 6) is -20.8. The highest BCUT2D eigenvalue weighted by molar-refractivity contribution is 7.98. The van der Waals surface area contributed by atoms with Crippen molar-refractivity contribution in [3.8, 4) is 11.5 Å². The number of thioether (sulfide) groups is 2. The van der Waals surface area contributed by atoms with Crippen LogP contribution in [0.3, 0.4) is 0 Å². The molecule has 0 unspecified atom stereocenters. The van der Waals surface area contributed by atoms with E-state index in [1.807, 2.05) is 6.26 Å². The molecule has 2 aromatic carbocycles. The predicted octanol–water partition coefficient (Wildman–Crippen LogP) is -7.18. The van der Waals surface area contributed by atoms with Gasteiger partial charge in [-0.15, -0.1) is 0 Å². The number of aliphatic carboxylic acids is 2. The van der Waals surface area contributed by atoms with Gasteiger partial charge in [0.05, 0.1) is 31.7 Å². The van der Waals surface area contributed by atoms with Crippen molar-refractivity contribution in [2.75, 3.05) is 69.9 Å². The first-order chi connectivity index (χ1) is 66.2. The van der Waals surface area contributed by atoms with E-state index in [0.29, 0.717) is 36.1 Å². The van der Waals surface area contributed by atoms with Crippen molar-refractivity contribution in [3.05, 3.63) is 59.7 Å². The zero-order valence-corrected chi connectivity index (χ0v) is 82.0. The molecule has 52 heteroatoms. The number of rotatable bonds is 72. The van der Waals surface area contributed by atoms with Gasteiger partial charge >= 0.3 is 11.9 Å². The summed E-state index contributed by atoms with van der Waals surface area (Å²) in [7, 11) is 0. The quantitative estimate of drug-likeness (QED) is 0.0166. The van der Waals surface area contributed by atoms with Crippen molar-refractivity contribution in [1.29, 1.82) is 10.8 Å². The van der Waals surface area contributed by atoms with Crippen molar-refractivity contribution in [3.63, 3.8) is 0 Å². The molecule has 0 aromatic heterocycles. The van der Waals surface area contributed by atoms with E-state index in [9.17, 15) is 117 Å². The number of carbonyl (C=O) groups is 18. The van der Waals surface area contributed by atoms with Crippen LogP contribution in [0.2, 0.25) is 0 Å². The van der Waals surface area contributed by atoms with Crippen LogP contribution in [-0.4, -0.2) is 316 Å². The summed E-state index contributed by atoms with van der Waals surface area (Å²) < 4.78 is 0. The van der Waals surface area contributed by atoms with Crippen LogP contribution in [0.4, 0.5) is 0 Å². The van der Waals surface area contributed by atoms with Gasteiger partial charge in [0.25, 0.3) is 0 Å². The lowest BCUT2D eigenvalue weighted by molar-refractivity contribution is -0.143. The first kappa shape index (κ1) is 124. The van der Waals surface area contributed by atoms with Crippen molar-refractivity contribution >= 4 is 142 Å². The second kappa shape index (κ2) is 67.7. The van der Waals surface area contributed by atoms with Gasteiger partial charge in [0.1, 0.15) is 96.1 Å². The highest BCUT2D eigenvalue weighted by Crippen LogP contribution is 2.19. The number of carboxylic acid groups (broad SMARTS) is 2. The van der Waals surface area contributed by atoms with E-state index in [4.69, 9.17) is 51.0 Å². The number of phenolic OH excluding ortho intramolecular Hbond substituents is 2. The Kier molecular flexibility index (Phi) is 59.8. The molecule has 0 aliphatic heterocycles. The fourth-order valence-corrected chi connectivity index (χ4v) is 14.9. The van der Waals surface area contributed by atoms with Crippen LogP contribution >= 0.6 is 23.5 Å². The van der Waals surface area contributed by atoms with Crippen molar-refractivity contribution in [1.82, 2.24) is 90.4 Å². The third-order valence-electron chi connectivity index (χ3n) is 21.5. The number of nitrogens with one attached hydrogen (secondary N) is 19. The predicted molar refractivity (Wildman–Crippen MR) is 521 cm³/mol. The molecule has 0 aliphatic carbocycles. The number of hydrogen-bond acceptors (Lipinski definition) is 30. The van der Waals surface area contributed by atoms with E-state index in [2.05, 4.69) is 90.4 Å². The van der Waals surface area contributed by atoms with Gasteiger partial charge in [0.2, 0.25) is 94.5 Å². The lowest BCUT2D eigenvalue weighted by atomic mass is 10.0. The minimum atomic E-state index is -2.12. The molecule has 0 saturated carbocycles. The number of benzene rings is 2. The smallest absolute Gasteiger partial charge is 0.326 e. The molecule has 0 heterocycles. The van der Waals surface area contributed by atoms with Crippen LogP contribution < -0.4 is 131 Å². The molecule has 0 spiro atoms. The van der Waals surface area contributed by atoms with E-state index < -0.39 is 253 Å². The molecule has 2 rings (SSSR count). The fraction of sp³-hybridized carbons (Fsp3) is 0.636. The molecular formula is C88H148N26O24S2. The van der Waals surface area contributed by atoms with Crippen molar-refractivity contribution < 1.29 is 117 Å². The van der Waals surface area contributed by atoms with Gasteiger partial charge in [0.15, 0.2) is 11.9 Å². The van der Waals surface area contributed by atoms with Crippen molar-refractivity contribution in [2.24, 2.45) is 52.0 Å². The van der Waals surface area contributed by atoms with E-state index in [-0.39, 0.29) is 159 Å². The zero-order valence-electron chi connectivity index (χ0n) is 80.3. The molecule has 0 saturated heterocycles. The number of guanidine groups is 2. The molecule has 0 aliphatic rings. The van der Waals surface area contributed by atoms with E-state index in [1.54, 1.807) is 34.0 Å². The standard InChI is InChI=1S/C88H148N26O24S2/c1-47(2)40-62(109-74(125)56(17-9-12-34-90)102-73(124)55(16-8-11-33-89)103-78(129)60(29-30-68(93)119)107-81(132)63(42-50-21-25-52(117)26-22-50)101-69(120)45-100-72(123)54(92)31-38-139-6)80(131)105-59(20-15-37-99-88(96)97)77(128)113-67(46-115)84(135)108-61(32-39-140-7)79(130)114-71(49(5)116)85(136)111-65(44-70(121)122)83(134)104-57(18-10-13-35-91)75(126)110-64(43-51-23-27-53(118)28-24-51)82(133)106-58(19-14-36-98-87(94)95)76(127)112-66(86(137)138)41-48(3)4/h21-28,47-49,54-67,71,115-118H,8-20,29-46,89-92H2,1-7H3,(H2,93,119)(H,100,123)(H,101,120)(H,102,124)(H,103,129)(H,104,134)(H,105,131)(H,106,133)(H,107,132)(H,108,135)(H,109,125)(H,110,126)(H,111,136)(H,112,127)(H,113,128)(H,114,130)(H,121,122)(H,137,138)(H4,94,95,98)(H4,96,97,99)/t49-,54+,55+,56+,57+,58+,59+,60+,61+,62-,63+,64+,65+,66+,67+,71+/m1/s1. The van der Waals surface area contributed by atoms with E-state index in [0.717, 1.165) is 6.92 Å². The molecule has 2 aromatic rings. The average molecular weight is 2020 g/mol. The summed E-state index contributed by atoms with van der Waals surface area (Å²) in [6.07, 6.45) is -0.772. The Morgan fingerprint density at radius 2 is 0.679 bits per heavy atom. The fourth-order valence-electron chi connectivity index (χ4n) is 13.9. The number of amides is 16. The number of carbonyl (C=O) groups excluding carboxylic acids is 16. The van der Waals surface area contributed by atoms with E-state index in [1.165, 1.54) is 72.1 Å². The van der Waals surface area contributed by atoms with Crippen LogP contribution in [0, 0.1) is 22.7 Å². The SMILES string of the molecule is CSCC[C@H](NC(=O)[C@H](CO)NC(=O)[C@H](CCCNC(=N)N)NC(=O)[C@@H](CC(C)C)NC(=O)[C@H](CCCCN)NC(=O)[C@H](CCCCN)NC(=O)[C@H](CCC(N)=O)NC(=O)[C@H](Cc1ccc(O)cc1)NC(=O)CNC(=O)[C@@H](N)CCSC)C(=O)N[C@H](C(=O)N[C@@H](CC(=O)O)C(=O)N[C@@H](CCCCN)C(=O)N[C@@H](Cc1ccc(O)cc1)C(=O)N[C@@H](CCCNC(=N)N)C(=O)N[C@@H](CC(C)C)C(=O)O)[C@@H](C)O. The average Bonchev–Trinajstić information content (AvgIpc) is 0.845. The first-order valence-electron chi connectivity index (χ1n) is 46.3. The van der Waals surface area contributed by atoms with Crippen LogP contribution in [-0.2, 0) is 99.1 Å². The number of aliphatic hydroxyl groups is 2. The lowest BCUT2D eigenvalue weighted by Gasteiger charge is -2.29. The Labute approximate surface area is 821 Å². The van der Waals surface area contributed by atoms with Gasteiger partial charge < -0.3 is 161 Å². The first-order valence-corrected chi connectivity index (χ1v) is 49.1. The molecule has 0 radical (unpaired) electrons.